The Morgan fingerprint density at radius 1 is 1.31 bits per heavy atom. The number of alkyl halides is 1. The summed E-state index contributed by atoms with van der Waals surface area (Å²) in [6.45, 7) is 0. The summed E-state index contributed by atoms with van der Waals surface area (Å²) < 4.78 is 0. The van der Waals surface area contributed by atoms with Crippen molar-refractivity contribution >= 4 is 27.3 Å². The van der Waals surface area contributed by atoms with Crippen molar-refractivity contribution in [1.82, 2.24) is 9.97 Å². The molecule has 0 bridgehead atoms. The molecule has 0 unspecified atom stereocenters. The fourth-order valence-corrected chi connectivity index (χ4v) is 2.20. The largest absolute Gasteiger partial charge is 0.254 e. The van der Waals surface area contributed by atoms with Crippen molar-refractivity contribution in [2.75, 3.05) is 0 Å². The normalized spacial score (nSPS) is 10.2. The van der Waals surface area contributed by atoms with Crippen molar-refractivity contribution in [3.63, 3.8) is 0 Å². The van der Waals surface area contributed by atoms with E-state index in [2.05, 4.69) is 25.9 Å². The molecule has 0 radical (unpaired) electrons. The second-order valence-electron chi connectivity index (χ2n) is 2.48. The van der Waals surface area contributed by atoms with Gasteiger partial charge in [0.15, 0.2) is 0 Å². The standard InChI is InChI=1S/C9H7BrN2S/c10-5-7-6-12-9(13-7)8-3-1-2-4-11-8/h1-4,6H,5H2. The van der Waals surface area contributed by atoms with E-state index in [9.17, 15) is 0 Å². The maximum Gasteiger partial charge on any atom is 0.142 e. The van der Waals surface area contributed by atoms with Gasteiger partial charge in [-0.2, -0.15) is 0 Å². The lowest BCUT2D eigenvalue weighted by Crippen LogP contribution is -1.78. The van der Waals surface area contributed by atoms with Crippen LogP contribution in [0, 0.1) is 0 Å². The zero-order valence-electron chi connectivity index (χ0n) is 6.77. The van der Waals surface area contributed by atoms with E-state index >= 15 is 0 Å². The van der Waals surface area contributed by atoms with E-state index < -0.39 is 0 Å². The second kappa shape index (κ2) is 3.98. The third-order valence-corrected chi connectivity index (χ3v) is 3.56. The van der Waals surface area contributed by atoms with Gasteiger partial charge >= 0.3 is 0 Å². The van der Waals surface area contributed by atoms with Crippen LogP contribution in [0.15, 0.2) is 30.6 Å². The van der Waals surface area contributed by atoms with Gasteiger partial charge in [-0.05, 0) is 12.1 Å². The number of aromatic nitrogens is 2. The average Bonchev–Trinajstić information content (AvgIpc) is 2.67. The topological polar surface area (TPSA) is 25.8 Å². The molecule has 0 atom stereocenters. The minimum atomic E-state index is 0.859. The minimum Gasteiger partial charge on any atom is -0.254 e. The lowest BCUT2D eigenvalue weighted by atomic mass is 10.4. The van der Waals surface area contributed by atoms with E-state index in [1.54, 1.807) is 17.5 Å². The summed E-state index contributed by atoms with van der Waals surface area (Å²) in [6, 6.07) is 5.84. The summed E-state index contributed by atoms with van der Waals surface area (Å²) in [5.74, 6) is 0. The first kappa shape index (κ1) is 8.84. The van der Waals surface area contributed by atoms with Crippen LogP contribution in [0.5, 0.6) is 0 Å². The Morgan fingerprint density at radius 2 is 2.23 bits per heavy atom. The fourth-order valence-electron chi connectivity index (χ4n) is 0.977. The molecule has 2 nitrogen and oxygen atoms in total. The third-order valence-electron chi connectivity index (χ3n) is 1.57. The van der Waals surface area contributed by atoms with Gasteiger partial charge in [-0.15, -0.1) is 11.3 Å². The highest BCUT2D eigenvalue weighted by molar-refractivity contribution is 9.08. The van der Waals surface area contributed by atoms with Crippen LogP contribution in [0.2, 0.25) is 0 Å². The van der Waals surface area contributed by atoms with Gasteiger partial charge in [0.1, 0.15) is 5.01 Å². The van der Waals surface area contributed by atoms with E-state index in [1.165, 1.54) is 4.88 Å². The van der Waals surface area contributed by atoms with Gasteiger partial charge in [0.2, 0.25) is 0 Å². The summed E-state index contributed by atoms with van der Waals surface area (Å²) in [4.78, 5) is 9.74. The molecule has 2 aromatic rings. The summed E-state index contributed by atoms with van der Waals surface area (Å²) in [5.41, 5.74) is 0.944. The van der Waals surface area contributed by atoms with Crippen molar-refractivity contribution in [2.24, 2.45) is 0 Å². The quantitative estimate of drug-likeness (QED) is 0.770. The van der Waals surface area contributed by atoms with Crippen molar-refractivity contribution in [3.05, 3.63) is 35.5 Å². The molecule has 2 aromatic heterocycles. The molecule has 0 aliphatic rings. The van der Waals surface area contributed by atoms with Gasteiger partial charge in [-0.3, -0.25) is 4.98 Å². The zero-order chi connectivity index (χ0) is 9.10. The number of thiazole rings is 1. The number of pyridine rings is 1. The Hall–Kier alpha value is -0.740. The maximum absolute atomic E-state index is 4.28. The highest BCUT2D eigenvalue weighted by Gasteiger charge is 2.03. The summed E-state index contributed by atoms with van der Waals surface area (Å²) in [5, 5.41) is 1.84. The number of hydrogen-bond donors (Lipinski definition) is 0. The lowest BCUT2D eigenvalue weighted by molar-refractivity contribution is 1.29. The molecule has 0 N–H and O–H groups in total. The fraction of sp³-hybridized carbons (Fsp3) is 0.111. The predicted octanol–water partition coefficient (Wildman–Crippen LogP) is 3.10. The van der Waals surface area contributed by atoms with Crippen molar-refractivity contribution < 1.29 is 0 Å². The molecule has 0 aromatic carbocycles. The smallest absolute Gasteiger partial charge is 0.142 e. The lowest BCUT2D eigenvalue weighted by Gasteiger charge is -1.91. The summed E-state index contributed by atoms with van der Waals surface area (Å²) >= 11 is 5.06. The molecule has 0 amide bonds. The number of nitrogens with zero attached hydrogens (tertiary/aromatic N) is 2. The van der Waals surface area contributed by atoms with Crippen LogP contribution in [0.3, 0.4) is 0 Å². The molecular weight excluding hydrogens is 248 g/mol. The second-order valence-corrected chi connectivity index (χ2v) is 4.16. The molecule has 2 heterocycles. The van der Waals surface area contributed by atoms with Crippen LogP contribution in [-0.2, 0) is 5.33 Å². The monoisotopic (exact) mass is 254 g/mol. The Morgan fingerprint density at radius 3 is 2.85 bits per heavy atom. The molecule has 0 aliphatic carbocycles. The molecule has 66 valence electrons. The summed E-state index contributed by atoms with van der Waals surface area (Å²) in [6.07, 6.45) is 3.66. The van der Waals surface area contributed by atoms with Crippen LogP contribution >= 0.6 is 27.3 Å². The van der Waals surface area contributed by atoms with Crippen LogP contribution < -0.4 is 0 Å². The summed E-state index contributed by atoms with van der Waals surface area (Å²) in [7, 11) is 0. The number of hydrogen-bond acceptors (Lipinski definition) is 3. The molecule has 0 spiro atoms. The zero-order valence-corrected chi connectivity index (χ0v) is 9.18. The minimum absolute atomic E-state index is 0.859. The molecule has 13 heavy (non-hydrogen) atoms. The number of rotatable bonds is 2. The van der Waals surface area contributed by atoms with Gasteiger partial charge < -0.3 is 0 Å². The Labute approximate surface area is 88.8 Å². The first-order chi connectivity index (χ1) is 6.40. The van der Waals surface area contributed by atoms with Crippen molar-refractivity contribution in [3.8, 4) is 10.7 Å². The van der Waals surface area contributed by atoms with Crippen LogP contribution in [0.1, 0.15) is 4.88 Å². The van der Waals surface area contributed by atoms with E-state index in [4.69, 9.17) is 0 Å². The van der Waals surface area contributed by atoms with Gasteiger partial charge in [0, 0.05) is 22.6 Å². The van der Waals surface area contributed by atoms with Gasteiger partial charge in [0.05, 0.1) is 5.69 Å². The Kier molecular flexibility index (Phi) is 2.71. The van der Waals surface area contributed by atoms with Gasteiger partial charge in [-0.25, -0.2) is 4.98 Å². The molecule has 4 heteroatoms. The highest BCUT2D eigenvalue weighted by Crippen LogP contribution is 2.24. The Bertz CT molecular complexity index is 386. The van der Waals surface area contributed by atoms with Crippen molar-refractivity contribution in [2.45, 2.75) is 5.33 Å². The molecule has 2 rings (SSSR count). The maximum atomic E-state index is 4.28. The van der Waals surface area contributed by atoms with Gasteiger partial charge in [-0.1, -0.05) is 22.0 Å². The SMILES string of the molecule is BrCc1cnc(-c2ccccn2)s1. The first-order valence-corrected chi connectivity index (χ1v) is 5.76. The Balaban J connectivity index is 2.36. The van der Waals surface area contributed by atoms with Gasteiger partial charge in [0.25, 0.3) is 0 Å². The average molecular weight is 255 g/mol. The van der Waals surface area contributed by atoms with E-state index in [0.29, 0.717) is 0 Å². The number of halogens is 1. The highest BCUT2D eigenvalue weighted by atomic mass is 79.9. The first-order valence-electron chi connectivity index (χ1n) is 3.82. The molecule has 0 saturated heterocycles. The molecular formula is C9H7BrN2S. The molecule has 0 aliphatic heterocycles. The molecule has 0 fully saturated rings. The third kappa shape index (κ3) is 1.95. The van der Waals surface area contributed by atoms with Crippen LogP contribution in [0.4, 0.5) is 0 Å². The predicted molar refractivity (Wildman–Crippen MR) is 58.0 cm³/mol. The van der Waals surface area contributed by atoms with E-state index in [0.717, 1.165) is 16.0 Å². The van der Waals surface area contributed by atoms with E-state index in [1.807, 2.05) is 24.4 Å². The van der Waals surface area contributed by atoms with Crippen molar-refractivity contribution in [1.29, 1.82) is 0 Å². The molecule has 0 saturated carbocycles. The van der Waals surface area contributed by atoms with Crippen LogP contribution in [0.25, 0.3) is 10.7 Å². The van der Waals surface area contributed by atoms with Crippen LogP contribution in [-0.4, -0.2) is 9.97 Å². The van der Waals surface area contributed by atoms with E-state index in [-0.39, 0.29) is 0 Å².